The highest BCUT2D eigenvalue weighted by atomic mass is 32.2. The number of carbonyl (C=O) groups excluding carboxylic acids is 2. The molecule has 0 spiro atoms. The van der Waals surface area contributed by atoms with E-state index in [1.54, 1.807) is 30.0 Å². The summed E-state index contributed by atoms with van der Waals surface area (Å²) in [5, 5.41) is 2.86. The largest absolute Gasteiger partial charge is 0.486 e. The number of amides is 2. The van der Waals surface area contributed by atoms with Crippen LogP contribution in [0.1, 0.15) is 44.2 Å². The molecule has 2 aromatic rings. The molecule has 0 saturated heterocycles. The predicted octanol–water partition coefficient (Wildman–Crippen LogP) is 3.26. The van der Waals surface area contributed by atoms with E-state index in [9.17, 15) is 18.0 Å². The molecule has 0 bridgehead atoms. The quantitative estimate of drug-likeness (QED) is 0.451. The number of anilines is 1. The number of rotatable bonds is 12. The van der Waals surface area contributed by atoms with Crippen molar-refractivity contribution in [3.8, 4) is 11.5 Å². The SMILES string of the molecule is CCCNC(=O)[C@H](C)N(Cc1ccc(C)cc1)C(=O)CCCN(c1ccc2c(c1)OCCO2)S(C)(=O)=O. The molecule has 1 heterocycles. The maximum atomic E-state index is 13.3. The van der Waals surface area contributed by atoms with Gasteiger partial charge in [0.1, 0.15) is 19.3 Å². The second-order valence-corrected chi connectivity index (χ2v) is 11.1. The molecule has 0 fully saturated rings. The molecule has 202 valence electrons. The molecule has 1 atom stereocenters. The van der Waals surface area contributed by atoms with Crippen LogP contribution in [-0.4, -0.2) is 63.7 Å². The Labute approximate surface area is 219 Å². The van der Waals surface area contributed by atoms with Crippen LogP contribution in [0.5, 0.6) is 11.5 Å². The molecule has 10 heteroatoms. The van der Waals surface area contributed by atoms with Gasteiger partial charge < -0.3 is 19.7 Å². The first-order valence-electron chi connectivity index (χ1n) is 12.6. The van der Waals surface area contributed by atoms with Gasteiger partial charge in [-0.25, -0.2) is 8.42 Å². The summed E-state index contributed by atoms with van der Waals surface area (Å²) in [6.07, 6.45) is 2.31. The molecule has 0 unspecified atom stereocenters. The number of fused-ring (bicyclic) bond motifs is 1. The summed E-state index contributed by atoms with van der Waals surface area (Å²) in [5.41, 5.74) is 2.47. The summed E-state index contributed by atoms with van der Waals surface area (Å²) >= 11 is 0. The summed E-state index contributed by atoms with van der Waals surface area (Å²) in [6.45, 7) is 7.45. The third kappa shape index (κ3) is 7.85. The van der Waals surface area contributed by atoms with Crippen LogP contribution in [0.4, 0.5) is 5.69 Å². The van der Waals surface area contributed by atoms with Crippen molar-refractivity contribution < 1.29 is 27.5 Å². The van der Waals surface area contributed by atoms with Crippen molar-refractivity contribution in [1.82, 2.24) is 10.2 Å². The number of benzene rings is 2. The first-order valence-corrected chi connectivity index (χ1v) is 14.4. The topological polar surface area (TPSA) is 105 Å². The van der Waals surface area contributed by atoms with Gasteiger partial charge >= 0.3 is 0 Å². The Morgan fingerprint density at radius 2 is 1.73 bits per heavy atom. The van der Waals surface area contributed by atoms with Crippen LogP contribution >= 0.6 is 0 Å². The van der Waals surface area contributed by atoms with Crippen molar-refractivity contribution >= 4 is 27.5 Å². The lowest BCUT2D eigenvalue weighted by atomic mass is 10.1. The molecule has 3 rings (SSSR count). The van der Waals surface area contributed by atoms with Crippen molar-refractivity contribution in [3.63, 3.8) is 0 Å². The Hall–Kier alpha value is -3.27. The molecule has 1 aliphatic heterocycles. The fraction of sp³-hybridized carbons (Fsp3) is 0.481. The van der Waals surface area contributed by atoms with Crippen molar-refractivity contribution in [2.75, 3.05) is 36.9 Å². The number of nitrogens with zero attached hydrogens (tertiary/aromatic N) is 2. The summed E-state index contributed by atoms with van der Waals surface area (Å²) < 4.78 is 37.6. The Morgan fingerprint density at radius 1 is 1.05 bits per heavy atom. The smallest absolute Gasteiger partial charge is 0.242 e. The molecule has 0 radical (unpaired) electrons. The molecule has 1 aliphatic rings. The van der Waals surface area contributed by atoms with Crippen LogP contribution in [0.15, 0.2) is 42.5 Å². The number of nitrogens with one attached hydrogen (secondary N) is 1. The highest BCUT2D eigenvalue weighted by Gasteiger charge is 2.27. The molecule has 9 nitrogen and oxygen atoms in total. The van der Waals surface area contributed by atoms with Gasteiger partial charge in [-0.3, -0.25) is 13.9 Å². The van der Waals surface area contributed by atoms with E-state index in [-0.39, 0.29) is 37.7 Å². The average Bonchev–Trinajstić information content (AvgIpc) is 2.87. The van der Waals surface area contributed by atoms with E-state index < -0.39 is 16.1 Å². The minimum atomic E-state index is -3.61. The molecule has 37 heavy (non-hydrogen) atoms. The van der Waals surface area contributed by atoms with Crippen molar-refractivity contribution in [2.24, 2.45) is 0 Å². The minimum Gasteiger partial charge on any atom is -0.486 e. The Balaban J connectivity index is 1.72. The normalized spacial score (nSPS) is 13.5. The Bertz CT molecular complexity index is 1180. The van der Waals surface area contributed by atoms with Crippen molar-refractivity contribution in [3.05, 3.63) is 53.6 Å². The van der Waals surface area contributed by atoms with Crippen LogP contribution in [0, 0.1) is 6.92 Å². The highest BCUT2D eigenvalue weighted by molar-refractivity contribution is 7.92. The third-order valence-electron chi connectivity index (χ3n) is 6.16. The summed E-state index contributed by atoms with van der Waals surface area (Å²) in [5.74, 6) is 0.636. The third-order valence-corrected chi connectivity index (χ3v) is 7.35. The Kier molecular flexibility index (Phi) is 9.79. The highest BCUT2D eigenvalue weighted by Crippen LogP contribution is 2.34. The molecule has 0 saturated carbocycles. The number of ether oxygens (including phenoxy) is 2. The zero-order valence-electron chi connectivity index (χ0n) is 22.0. The van der Waals surface area contributed by atoms with E-state index in [4.69, 9.17) is 9.47 Å². The lowest BCUT2D eigenvalue weighted by molar-refractivity contribution is -0.140. The van der Waals surface area contributed by atoms with E-state index in [1.807, 2.05) is 38.1 Å². The van der Waals surface area contributed by atoms with Gasteiger partial charge in [-0.15, -0.1) is 0 Å². The average molecular weight is 532 g/mol. The van der Waals surface area contributed by atoms with Gasteiger partial charge in [0.15, 0.2) is 11.5 Å². The van der Waals surface area contributed by atoms with Gasteiger partial charge in [-0.1, -0.05) is 36.8 Å². The molecular weight excluding hydrogens is 494 g/mol. The fourth-order valence-corrected chi connectivity index (χ4v) is 5.02. The summed E-state index contributed by atoms with van der Waals surface area (Å²) in [7, 11) is -3.61. The fourth-order valence-electron chi connectivity index (χ4n) is 4.06. The number of hydrogen-bond donors (Lipinski definition) is 1. The zero-order valence-corrected chi connectivity index (χ0v) is 22.8. The molecule has 0 aromatic heterocycles. The molecule has 2 aromatic carbocycles. The van der Waals surface area contributed by atoms with E-state index in [0.29, 0.717) is 36.9 Å². The van der Waals surface area contributed by atoms with Crippen LogP contribution in [0.25, 0.3) is 0 Å². The van der Waals surface area contributed by atoms with Crippen molar-refractivity contribution in [2.45, 2.75) is 52.6 Å². The maximum Gasteiger partial charge on any atom is 0.242 e. The molecule has 0 aliphatic carbocycles. The van der Waals surface area contributed by atoms with Gasteiger partial charge in [-0.2, -0.15) is 0 Å². The minimum absolute atomic E-state index is 0.0911. The standard InChI is InChI=1S/C27H37N3O6S/c1-5-14-28-27(32)21(3)29(19-22-10-8-20(2)9-11-22)26(31)7-6-15-30(37(4,33)34)23-12-13-24-25(18-23)36-17-16-35-24/h8-13,18,21H,5-7,14-17,19H2,1-4H3,(H,28,32)/t21-/m0/s1. The van der Waals surface area contributed by atoms with Crippen LogP contribution in [0.2, 0.25) is 0 Å². The Morgan fingerprint density at radius 3 is 2.38 bits per heavy atom. The summed E-state index contributed by atoms with van der Waals surface area (Å²) in [6, 6.07) is 12.2. The lowest BCUT2D eigenvalue weighted by Crippen LogP contribution is -2.47. The predicted molar refractivity (Wildman–Crippen MR) is 143 cm³/mol. The van der Waals surface area contributed by atoms with Crippen LogP contribution in [0.3, 0.4) is 0 Å². The lowest BCUT2D eigenvalue weighted by Gasteiger charge is -2.29. The second-order valence-electron chi connectivity index (χ2n) is 9.24. The number of carbonyl (C=O) groups is 2. The van der Waals surface area contributed by atoms with Crippen LogP contribution < -0.4 is 19.1 Å². The first kappa shape index (κ1) is 28.3. The molecule has 1 N–H and O–H groups in total. The van der Waals surface area contributed by atoms with Gasteiger partial charge in [0, 0.05) is 32.1 Å². The second kappa shape index (κ2) is 12.8. The van der Waals surface area contributed by atoms with Crippen LogP contribution in [-0.2, 0) is 26.2 Å². The first-order chi connectivity index (χ1) is 17.6. The van der Waals surface area contributed by atoms with Gasteiger partial charge in [0.2, 0.25) is 21.8 Å². The maximum absolute atomic E-state index is 13.3. The van der Waals surface area contributed by atoms with Gasteiger partial charge in [0.25, 0.3) is 0 Å². The monoisotopic (exact) mass is 531 g/mol. The van der Waals surface area contributed by atoms with Gasteiger partial charge in [0.05, 0.1) is 11.9 Å². The number of sulfonamides is 1. The molecular formula is C27H37N3O6S. The van der Waals surface area contributed by atoms with E-state index in [1.165, 1.54) is 4.31 Å². The summed E-state index contributed by atoms with van der Waals surface area (Å²) in [4.78, 5) is 27.6. The number of hydrogen-bond acceptors (Lipinski definition) is 6. The molecule has 2 amide bonds. The van der Waals surface area contributed by atoms with E-state index >= 15 is 0 Å². The van der Waals surface area contributed by atoms with E-state index in [2.05, 4.69) is 5.32 Å². The van der Waals surface area contributed by atoms with Gasteiger partial charge in [-0.05, 0) is 44.4 Å². The van der Waals surface area contributed by atoms with E-state index in [0.717, 1.165) is 23.8 Å². The number of aryl methyl sites for hydroxylation is 1. The van der Waals surface area contributed by atoms with Crippen molar-refractivity contribution in [1.29, 1.82) is 0 Å². The zero-order chi connectivity index (χ0) is 27.0.